The fraction of sp³-hybridized carbons (Fsp3) is 0.588. The molecule has 0 aromatic heterocycles. The molecule has 1 heterocycles. The van der Waals surface area contributed by atoms with E-state index < -0.39 is 0 Å². The van der Waals surface area contributed by atoms with E-state index in [1.165, 1.54) is 24.8 Å². The van der Waals surface area contributed by atoms with Crippen molar-refractivity contribution in [2.45, 2.75) is 38.6 Å². The third kappa shape index (κ3) is 4.21. The van der Waals surface area contributed by atoms with Crippen molar-refractivity contribution in [1.29, 1.82) is 0 Å². The fourth-order valence-corrected chi connectivity index (χ4v) is 2.89. The predicted molar refractivity (Wildman–Crippen MR) is 85.7 cm³/mol. The number of anilines is 1. The highest BCUT2D eigenvalue weighted by molar-refractivity contribution is 5.75. The van der Waals surface area contributed by atoms with Crippen LogP contribution in [0.25, 0.3) is 0 Å². The van der Waals surface area contributed by atoms with E-state index in [4.69, 9.17) is 4.74 Å². The van der Waals surface area contributed by atoms with E-state index in [0.717, 1.165) is 38.9 Å². The van der Waals surface area contributed by atoms with Crippen LogP contribution in [0.2, 0.25) is 0 Å². The monoisotopic (exact) mass is 290 g/mol. The Morgan fingerprint density at radius 3 is 3.00 bits per heavy atom. The molecule has 1 aliphatic rings. The van der Waals surface area contributed by atoms with Crippen molar-refractivity contribution < 1.29 is 9.53 Å². The summed E-state index contributed by atoms with van der Waals surface area (Å²) in [5.74, 6) is -0.159. The summed E-state index contributed by atoms with van der Waals surface area (Å²) >= 11 is 0. The number of aryl methyl sites for hydroxylation is 1. The van der Waals surface area contributed by atoms with Crippen LogP contribution < -0.4 is 10.2 Å². The molecule has 0 fully saturated rings. The Bertz CT molecular complexity index is 462. The molecule has 0 spiro atoms. The van der Waals surface area contributed by atoms with Gasteiger partial charge in [-0.2, -0.15) is 0 Å². The topological polar surface area (TPSA) is 41.6 Å². The van der Waals surface area contributed by atoms with Crippen LogP contribution >= 0.6 is 0 Å². The molecule has 1 N–H and O–H groups in total. The molecule has 0 amide bonds. The molecular weight excluding hydrogens is 264 g/mol. The lowest BCUT2D eigenvalue weighted by Crippen LogP contribution is -2.42. The third-order valence-electron chi connectivity index (χ3n) is 4.02. The molecule has 21 heavy (non-hydrogen) atoms. The summed E-state index contributed by atoms with van der Waals surface area (Å²) in [5.41, 5.74) is 2.74. The van der Waals surface area contributed by atoms with Crippen LogP contribution in [0, 0.1) is 0 Å². The molecule has 0 bridgehead atoms. The Labute approximate surface area is 127 Å². The number of methoxy groups -OCH3 is 1. The molecule has 0 aliphatic carbocycles. The maximum absolute atomic E-state index is 11.8. The minimum Gasteiger partial charge on any atom is -0.468 e. The lowest BCUT2D eigenvalue weighted by molar-refractivity contribution is -0.143. The number of hydrogen-bond donors (Lipinski definition) is 1. The molecule has 4 nitrogen and oxygen atoms in total. The summed E-state index contributed by atoms with van der Waals surface area (Å²) in [4.78, 5) is 14.2. The molecule has 0 saturated heterocycles. The number of hydrogen-bond acceptors (Lipinski definition) is 4. The maximum atomic E-state index is 11.8. The number of nitrogens with zero attached hydrogens (tertiary/aromatic N) is 1. The molecule has 0 radical (unpaired) electrons. The zero-order valence-corrected chi connectivity index (χ0v) is 13.1. The van der Waals surface area contributed by atoms with E-state index in [-0.39, 0.29) is 12.0 Å². The SMILES string of the molecule is CCCNC(CCN1CCCc2ccccc21)C(=O)OC. The largest absolute Gasteiger partial charge is 0.468 e. The molecule has 1 unspecified atom stereocenters. The van der Waals surface area contributed by atoms with Gasteiger partial charge in [-0.3, -0.25) is 4.79 Å². The Morgan fingerprint density at radius 1 is 1.43 bits per heavy atom. The summed E-state index contributed by atoms with van der Waals surface area (Å²) in [5, 5.41) is 3.28. The number of fused-ring (bicyclic) bond motifs is 1. The second kappa shape index (κ2) is 8.03. The first-order valence-electron chi connectivity index (χ1n) is 7.90. The van der Waals surface area contributed by atoms with Crippen molar-refractivity contribution in [3.8, 4) is 0 Å². The second-order valence-corrected chi connectivity index (χ2v) is 5.54. The van der Waals surface area contributed by atoms with Gasteiger partial charge in [0.15, 0.2) is 0 Å². The van der Waals surface area contributed by atoms with Gasteiger partial charge in [-0.15, -0.1) is 0 Å². The highest BCUT2D eigenvalue weighted by Gasteiger charge is 2.21. The molecular formula is C17H26N2O2. The standard InChI is InChI=1S/C17H26N2O2/c1-3-11-18-15(17(20)21-2)10-13-19-12-6-8-14-7-4-5-9-16(14)19/h4-5,7,9,15,18H,3,6,8,10-13H2,1-2H3. The van der Waals surface area contributed by atoms with E-state index in [1.807, 2.05) is 0 Å². The Balaban J connectivity index is 1.96. The lowest BCUT2D eigenvalue weighted by atomic mass is 10.0. The number of benzene rings is 1. The molecule has 1 aromatic carbocycles. The highest BCUT2D eigenvalue weighted by Crippen LogP contribution is 2.26. The average Bonchev–Trinajstić information content (AvgIpc) is 2.54. The van der Waals surface area contributed by atoms with Gasteiger partial charge in [0.1, 0.15) is 6.04 Å². The molecule has 0 saturated carbocycles. The van der Waals surface area contributed by atoms with Crippen LogP contribution in [0.15, 0.2) is 24.3 Å². The van der Waals surface area contributed by atoms with Crippen molar-refractivity contribution >= 4 is 11.7 Å². The van der Waals surface area contributed by atoms with Crippen molar-refractivity contribution in [2.75, 3.05) is 31.6 Å². The summed E-state index contributed by atoms with van der Waals surface area (Å²) in [6.07, 6.45) is 4.13. The van der Waals surface area contributed by atoms with Crippen LogP contribution in [0.3, 0.4) is 0 Å². The van der Waals surface area contributed by atoms with Gasteiger partial charge in [-0.05, 0) is 43.9 Å². The molecule has 2 rings (SSSR count). The van der Waals surface area contributed by atoms with Gasteiger partial charge >= 0.3 is 5.97 Å². The normalized spacial score (nSPS) is 15.4. The fourth-order valence-electron chi connectivity index (χ4n) is 2.89. The molecule has 1 aromatic rings. The lowest BCUT2D eigenvalue weighted by Gasteiger charge is -2.32. The summed E-state index contributed by atoms with van der Waals surface area (Å²) in [6, 6.07) is 8.37. The van der Waals surface area contributed by atoms with Crippen molar-refractivity contribution in [1.82, 2.24) is 5.32 Å². The van der Waals surface area contributed by atoms with Crippen LogP contribution in [0.4, 0.5) is 5.69 Å². The molecule has 4 heteroatoms. The number of para-hydroxylation sites is 1. The first-order chi connectivity index (χ1) is 10.3. The van der Waals surface area contributed by atoms with Crippen LogP contribution in [-0.2, 0) is 16.0 Å². The highest BCUT2D eigenvalue weighted by atomic mass is 16.5. The van der Waals surface area contributed by atoms with E-state index >= 15 is 0 Å². The van der Waals surface area contributed by atoms with Gasteiger partial charge in [0.2, 0.25) is 0 Å². The maximum Gasteiger partial charge on any atom is 0.322 e. The van der Waals surface area contributed by atoms with Crippen molar-refractivity contribution in [3.05, 3.63) is 29.8 Å². The molecule has 1 aliphatic heterocycles. The van der Waals surface area contributed by atoms with Crippen LogP contribution in [0.5, 0.6) is 0 Å². The number of rotatable bonds is 7. The van der Waals surface area contributed by atoms with E-state index in [1.54, 1.807) is 0 Å². The van der Waals surface area contributed by atoms with Gasteiger partial charge in [0.25, 0.3) is 0 Å². The van der Waals surface area contributed by atoms with Crippen molar-refractivity contribution in [2.24, 2.45) is 0 Å². The Morgan fingerprint density at radius 2 is 2.24 bits per heavy atom. The van der Waals surface area contributed by atoms with Gasteiger partial charge in [-0.1, -0.05) is 25.1 Å². The summed E-state index contributed by atoms with van der Waals surface area (Å²) < 4.78 is 4.90. The number of ether oxygens (including phenoxy) is 1. The number of carbonyl (C=O) groups is 1. The summed E-state index contributed by atoms with van der Waals surface area (Å²) in [7, 11) is 1.46. The van der Waals surface area contributed by atoms with Crippen LogP contribution in [0.1, 0.15) is 31.7 Å². The predicted octanol–water partition coefficient (Wildman–Crippen LogP) is 2.37. The smallest absolute Gasteiger partial charge is 0.322 e. The second-order valence-electron chi connectivity index (χ2n) is 5.54. The van der Waals surface area contributed by atoms with E-state index in [0.29, 0.717) is 0 Å². The third-order valence-corrected chi connectivity index (χ3v) is 4.02. The zero-order valence-electron chi connectivity index (χ0n) is 13.1. The quantitative estimate of drug-likeness (QED) is 0.783. The number of nitrogens with one attached hydrogen (secondary N) is 1. The average molecular weight is 290 g/mol. The van der Waals surface area contributed by atoms with E-state index in [2.05, 4.69) is 41.4 Å². The van der Waals surface area contributed by atoms with Gasteiger partial charge < -0.3 is 15.0 Å². The Kier molecular flexibility index (Phi) is 6.05. The first-order valence-corrected chi connectivity index (χ1v) is 7.90. The molecule has 1 atom stereocenters. The van der Waals surface area contributed by atoms with Gasteiger partial charge in [0.05, 0.1) is 7.11 Å². The minimum absolute atomic E-state index is 0.159. The zero-order chi connectivity index (χ0) is 15.1. The minimum atomic E-state index is -0.205. The number of esters is 1. The molecule has 116 valence electrons. The van der Waals surface area contributed by atoms with Crippen LogP contribution in [-0.4, -0.2) is 38.8 Å². The summed E-state index contributed by atoms with van der Waals surface area (Å²) in [6.45, 7) is 4.89. The van der Waals surface area contributed by atoms with Gasteiger partial charge in [0, 0.05) is 18.8 Å². The van der Waals surface area contributed by atoms with E-state index in [9.17, 15) is 4.79 Å². The first kappa shape index (κ1) is 15.8. The number of carbonyl (C=O) groups excluding carboxylic acids is 1. The van der Waals surface area contributed by atoms with Gasteiger partial charge in [-0.25, -0.2) is 0 Å². The van der Waals surface area contributed by atoms with Crippen molar-refractivity contribution in [3.63, 3.8) is 0 Å². The Hall–Kier alpha value is -1.55.